The van der Waals surface area contributed by atoms with Crippen LogP contribution in [0.1, 0.15) is 29.8 Å². The van der Waals surface area contributed by atoms with Gasteiger partial charge >= 0.3 is 5.97 Å². The Morgan fingerprint density at radius 2 is 1.95 bits per heavy atom. The maximum Gasteiger partial charge on any atom is 0.308 e. The molecule has 1 unspecified atom stereocenters. The minimum atomic E-state index is -0.941. The van der Waals surface area contributed by atoms with E-state index in [4.69, 9.17) is 5.11 Å². The molecule has 0 saturated carbocycles. The monoisotopic (exact) mass is 265 g/mol. The summed E-state index contributed by atoms with van der Waals surface area (Å²) in [6, 6.07) is 4.71. The maximum atomic E-state index is 11.9. The molecule has 0 fully saturated rings. The lowest BCUT2D eigenvalue weighted by molar-refractivity contribution is -0.142. The van der Waals surface area contributed by atoms with Gasteiger partial charge in [0.2, 0.25) is 0 Å². The van der Waals surface area contributed by atoms with Crippen LogP contribution >= 0.6 is 0 Å². The first kappa shape index (κ1) is 15.0. The SMILES string of the molecule is Cc1ccc(O)c(C(=O)NCC(C(=O)O)C(C)C)c1. The van der Waals surface area contributed by atoms with E-state index in [0.29, 0.717) is 0 Å². The highest BCUT2D eigenvalue weighted by Crippen LogP contribution is 2.18. The van der Waals surface area contributed by atoms with Crippen molar-refractivity contribution in [1.82, 2.24) is 5.32 Å². The van der Waals surface area contributed by atoms with E-state index in [-0.39, 0.29) is 23.8 Å². The minimum Gasteiger partial charge on any atom is -0.507 e. The third kappa shape index (κ3) is 3.98. The van der Waals surface area contributed by atoms with Gasteiger partial charge in [-0.05, 0) is 25.0 Å². The summed E-state index contributed by atoms with van der Waals surface area (Å²) in [5.74, 6) is -2.24. The first-order valence-electron chi connectivity index (χ1n) is 6.13. The van der Waals surface area contributed by atoms with E-state index >= 15 is 0 Å². The molecule has 5 nitrogen and oxygen atoms in total. The molecule has 0 saturated heterocycles. The molecular formula is C14H19NO4. The van der Waals surface area contributed by atoms with E-state index < -0.39 is 17.8 Å². The van der Waals surface area contributed by atoms with Crippen molar-refractivity contribution in [1.29, 1.82) is 0 Å². The fourth-order valence-corrected chi connectivity index (χ4v) is 1.74. The standard InChI is InChI=1S/C14H19NO4/c1-8(2)11(14(18)19)7-15-13(17)10-6-9(3)4-5-12(10)16/h4-6,8,11,16H,7H2,1-3H3,(H,15,17)(H,18,19). The number of hydrogen-bond acceptors (Lipinski definition) is 3. The number of carboxylic acids is 1. The first-order chi connectivity index (χ1) is 8.82. The summed E-state index contributed by atoms with van der Waals surface area (Å²) in [5, 5.41) is 21.2. The van der Waals surface area contributed by atoms with Gasteiger partial charge in [-0.2, -0.15) is 0 Å². The van der Waals surface area contributed by atoms with Crippen LogP contribution in [0.2, 0.25) is 0 Å². The van der Waals surface area contributed by atoms with Crippen molar-refractivity contribution in [3.8, 4) is 5.75 Å². The summed E-state index contributed by atoms with van der Waals surface area (Å²) < 4.78 is 0. The molecule has 1 aromatic carbocycles. The minimum absolute atomic E-state index is 0.0409. The van der Waals surface area contributed by atoms with Crippen LogP contribution < -0.4 is 5.32 Å². The molecule has 3 N–H and O–H groups in total. The second kappa shape index (κ2) is 6.22. The van der Waals surface area contributed by atoms with Crippen LogP contribution in [0.4, 0.5) is 0 Å². The Morgan fingerprint density at radius 3 is 2.47 bits per heavy atom. The number of aliphatic carboxylic acids is 1. The van der Waals surface area contributed by atoms with Gasteiger partial charge in [0.1, 0.15) is 5.75 Å². The molecule has 104 valence electrons. The predicted molar refractivity (Wildman–Crippen MR) is 71.1 cm³/mol. The Labute approximate surface area is 112 Å². The third-order valence-corrected chi connectivity index (χ3v) is 3.00. The average molecular weight is 265 g/mol. The topological polar surface area (TPSA) is 86.6 Å². The van der Waals surface area contributed by atoms with Gasteiger partial charge < -0.3 is 15.5 Å². The first-order valence-corrected chi connectivity index (χ1v) is 6.13. The molecule has 0 radical (unpaired) electrons. The number of benzene rings is 1. The number of aryl methyl sites for hydroxylation is 1. The molecule has 0 spiro atoms. The zero-order chi connectivity index (χ0) is 14.6. The highest BCUT2D eigenvalue weighted by atomic mass is 16.4. The zero-order valence-electron chi connectivity index (χ0n) is 11.3. The van der Waals surface area contributed by atoms with Crippen LogP contribution in [0.25, 0.3) is 0 Å². The van der Waals surface area contributed by atoms with Crippen molar-refractivity contribution < 1.29 is 19.8 Å². The maximum absolute atomic E-state index is 11.9. The van der Waals surface area contributed by atoms with Crippen LogP contribution in [0.15, 0.2) is 18.2 Å². The number of rotatable bonds is 5. The zero-order valence-corrected chi connectivity index (χ0v) is 11.3. The Morgan fingerprint density at radius 1 is 1.32 bits per heavy atom. The fraction of sp³-hybridized carbons (Fsp3) is 0.429. The molecule has 0 aliphatic heterocycles. The van der Waals surface area contributed by atoms with Gasteiger partial charge in [0.25, 0.3) is 5.91 Å². The van der Waals surface area contributed by atoms with Gasteiger partial charge in [-0.15, -0.1) is 0 Å². The molecule has 5 heteroatoms. The third-order valence-electron chi connectivity index (χ3n) is 3.00. The van der Waals surface area contributed by atoms with Gasteiger partial charge in [-0.25, -0.2) is 0 Å². The molecule has 19 heavy (non-hydrogen) atoms. The number of amides is 1. The number of phenols is 1. The number of carbonyl (C=O) groups is 2. The van der Waals surface area contributed by atoms with E-state index in [1.807, 2.05) is 6.92 Å². The summed E-state index contributed by atoms with van der Waals surface area (Å²) in [5.41, 5.74) is 1.01. The van der Waals surface area contributed by atoms with Crippen molar-refractivity contribution in [3.63, 3.8) is 0 Å². The van der Waals surface area contributed by atoms with Crippen LogP contribution in [0, 0.1) is 18.8 Å². The van der Waals surface area contributed by atoms with E-state index in [1.54, 1.807) is 26.0 Å². The van der Waals surface area contributed by atoms with Crippen molar-refractivity contribution in [2.75, 3.05) is 6.54 Å². The Bertz CT molecular complexity index is 482. The lowest BCUT2D eigenvalue weighted by Gasteiger charge is -2.17. The van der Waals surface area contributed by atoms with Gasteiger partial charge in [0, 0.05) is 6.54 Å². The second-order valence-electron chi connectivity index (χ2n) is 4.92. The van der Waals surface area contributed by atoms with Crippen molar-refractivity contribution in [3.05, 3.63) is 29.3 Å². The van der Waals surface area contributed by atoms with Crippen molar-refractivity contribution in [2.24, 2.45) is 11.8 Å². The molecule has 0 aliphatic carbocycles. The summed E-state index contributed by atoms with van der Waals surface area (Å²) in [6.45, 7) is 5.42. The van der Waals surface area contributed by atoms with Crippen LogP contribution in [0.5, 0.6) is 5.75 Å². The highest BCUT2D eigenvalue weighted by molar-refractivity contribution is 5.97. The molecule has 1 aromatic rings. The largest absolute Gasteiger partial charge is 0.507 e. The van der Waals surface area contributed by atoms with Gasteiger partial charge in [-0.1, -0.05) is 25.5 Å². The molecule has 0 aromatic heterocycles. The normalized spacial score (nSPS) is 12.2. The number of aromatic hydroxyl groups is 1. The molecule has 0 aliphatic rings. The molecule has 1 atom stereocenters. The van der Waals surface area contributed by atoms with E-state index in [0.717, 1.165) is 5.56 Å². The molecule has 0 heterocycles. The fourth-order valence-electron chi connectivity index (χ4n) is 1.74. The Balaban J connectivity index is 2.75. The Kier molecular flexibility index (Phi) is 4.92. The summed E-state index contributed by atoms with van der Waals surface area (Å²) >= 11 is 0. The van der Waals surface area contributed by atoms with E-state index in [1.165, 1.54) is 6.07 Å². The number of phenolic OH excluding ortho intramolecular Hbond substituents is 1. The van der Waals surface area contributed by atoms with Gasteiger partial charge in [-0.3, -0.25) is 9.59 Å². The molecule has 1 amide bonds. The van der Waals surface area contributed by atoms with Gasteiger partial charge in [0.05, 0.1) is 11.5 Å². The highest BCUT2D eigenvalue weighted by Gasteiger charge is 2.22. The quantitative estimate of drug-likeness (QED) is 0.757. The summed E-state index contributed by atoms with van der Waals surface area (Å²) in [6.07, 6.45) is 0. The average Bonchev–Trinajstić information content (AvgIpc) is 2.31. The number of carboxylic acid groups (broad SMARTS) is 1. The summed E-state index contributed by atoms with van der Waals surface area (Å²) in [4.78, 5) is 22.9. The van der Waals surface area contributed by atoms with Gasteiger partial charge in [0.15, 0.2) is 0 Å². The molecular weight excluding hydrogens is 246 g/mol. The van der Waals surface area contributed by atoms with E-state index in [2.05, 4.69) is 5.32 Å². The lowest BCUT2D eigenvalue weighted by Crippen LogP contribution is -2.35. The number of hydrogen-bond donors (Lipinski definition) is 3. The van der Waals surface area contributed by atoms with Crippen molar-refractivity contribution in [2.45, 2.75) is 20.8 Å². The summed E-state index contributed by atoms with van der Waals surface area (Å²) in [7, 11) is 0. The molecule has 0 bridgehead atoms. The predicted octanol–water partition coefficient (Wildman–Crippen LogP) is 1.79. The second-order valence-corrected chi connectivity index (χ2v) is 4.92. The number of carbonyl (C=O) groups excluding carboxylic acids is 1. The lowest BCUT2D eigenvalue weighted by atomic mass is 9.96. The number of nitrogens with one attached hydrogen (secondary N) is 1. The smallest absolute Gasteiger partial charge is 0.308 e. The van der Waals surface area contributed by atoms with E-state index in [9.17, 15) is 14.7 Å². The van der Waals surface area contributed by atoms with Crippen LogP contribution in [-0.4, -0.2) is 28.6 Å². The van der Waals surface area contributed by atoms with Crippen molar-refractivity contribution >= 4 is 11.9 Å². The van der Waals surface area contributed by atoms with Crippen LogP contribution in [0.3, 0.4) is 0 Å². The molecule has 1 rings (SSSR count). The van der Waals surface area contributed by atoms with Crippen LogP contribution in [-0.2, 0) is 4.79 Å². The Hall–Kier alpha value is -2.04.